The summed E-state index contributed by atoms with van der Waals surface area (Å²) >= 11 is 0. The number of aryl methyl sites for hydroxylation is 1. The van der Waals surface area contributed by atoms with Crippen molar-refractivity contribution in [1.29, 1.82) is 0 Å². The molecular weight excluding hydrogens is 196 g/mol. The molecule has 1 aromatic rings. The maximum atomic E-state index is 11.9. The Bertz CT molecular complexity index is 451. The van der Waals surface area contributed by atoms with Gasteiger partial charge in [-0.1, -0.05) is 56.7 Å². The van der Waals surface area contributed by atoms with Crippen LogP contribution in [0, 0.1) is 12.3 Å². The minimum absolute atomic E-state index is 0.183. The van der Waals surface area contributed by atoms with Gasteiger partial charge in [0.2, 0.25) is 0 Å². The molecule has 2 rings (SSSR count). The van der Waals surface area contributed by atoms with Gasteiger partial charge in [-0.2, -0.15) is 0 Å². The first-order valence-corrected chi connectivity index (χ1v) is 5.69. The van der Waals surface area contributed by atoms with Crippen LogP contribution >= 0.6 is 0 Å². The third kappa shape index (κ3) is 1.35. The van der Waals surface area contributed by atoms with Crippen molar-refractivity contribution >= 4 is 5.78 Å². The number of carbonyl (C=O) groups is 1. The van der Waals surface area contributed by atoms with Gasteiger partial charge in [0.05, 0.1) is 0 Å². The highest BCUT2D eigenvalue weighted by Crippen LogP contribution is 2.47. The molecule has 84 valence electrons. The second-order valence-corrected chi connectivity index (χ2v) is 5.39. The molecule has 0 N–H and O–H groups in total. The van der Waals surface area contributed by atoms with E-state index in [1.54, 1.807) is 6.08 Å². The van der Waals surface area contributed by atoms with Crippen LogP contribution in [0.3, 0.4) is 0 Å². The maximum absolute atomic E-state index is 11.9. The second-order valence-electron chi connectivity index (χ2n) is 5.39. The van der Waals surface area contributed by atoms with Crippen molar-refractivity contribution in [3.05, 3.63) is 47.5 Å². The SMILES string of the molecule is Cc1ccc([C@@]2(C)C=CC(=O)C2(C)C)cc1. The van der Waals surface area contributed by atoms with Crippen molar-refractivity contribution in [2.75, 3.05) is 0 Å². The predicted molar refractivity (Wildman–Crippen MR) is 66.5 cm³/mol. The standard InChI is InChI=1S/C15H18O/c1-11-5-7-12(8-6-11)15(4)10-9-13(16)14(15,2)3/h5-10H,1-4H3/t15-/m1/s1. The lowest BCUT2D eigenvalue weighted by Crippen LogP contribution is -2.38. The number of allylic oxidation sites excluding steroid dienone is 2. The first-order chi connectivity index (χ1) is 7.38. The predicted octanol–water partition coefficient (Wildman–Crippen LogP) is 3.42. The van der Waals surface area contributed by atoms with Gasteiger partial charge in [0, 0.05) is 10.8 Å². The zero-order chi connectivity index (χ0) is 12.0. The first-order valence-electron chi connectivity index (χ1n) is 5.69. The van der Waals surface area contributed by atoms with Crippen LogP contribution in [0.2, 0.25) is 0 Å². The Labute approximate surface area is 97.2 Å². The monoisotopic (exact) mass is 214 g/mol. The summed E-state index contributed by atoms with van der Waals surface area (Å²) in [7, 11) is 0. The van der Waals surface area contributed by atoms with E-state index in [-0.39, 0.29) is 16.6 Å². The molecule has 16 heavy (non-hydrogen) atoms. The molecule has 0 fully saturated rings. The lowest BCUT2D eigenvalue weighted by atomic mass is 9.65. The van der Waals surface area contributed by atoms with Crippen LogP contribution in [0.25, 0.3) is 0 Å². The van der Waals surface area contributed by atoms with Gasteiger partial charge in [-0.15, -0.1) is 0 Å². The van der Waals surface area contributed by atoms with Gasteiger partial charge < -0.3 is 0 Å². The zero-order valence-electron chi connectivity index (χ0n) is 10.4. The van der Waals surface area contributed by atoms with Crippen molar-refractivity contribution < 1.29 is 4.79 Å². The molecule has 0 saturated heterocycles. The number of ketones is 1. The molecule has 0 aromatic heterocycles. The van der Waals surface area contributed by atoms with E-state index in [1.165, 1.54) is 11.1 Å². The summed E-state index contributed by atoms with van der Waals surface area (Å²) in [6.07, 6.45) is 3.76. The van der Waals surface area contributed by atoms with Gasteiger partial charge in [0.25, 0.3) is 0 Å². The number of benzene rings is 1. The molecule has 0 saturated carbocycles. The molecular formula is C15H18O. The summed E-state index contributed by atoms with van der Waals surface area (Å²) in [6, 6.07) is 8.46. The van der Waals surface area contributed by atoms with Crippen molar-refractivity contribution in [2.45, 2.75) is 33.1 Å². The first kappa shape index (κ1) is 11.1. The Morgan fingerprint density at radius 3 is 2.00 bits per heavy atom. The topological polar surface area (TPSA) is 17.1 Å². The Morgan fingerprint density at radius 1 is 1.00 bits per heavy atom. The van der Waals surface area contributed by atoms with E-state index in [9.17, 15) is 4.79 Å². The van der Waals surface area contributed by atoms with E-state index in [1.807, 2.05) is 19.9 Å². The molecule has 0 unspecified atom stereocenters. The van der Waals surface area contributed by atoms with Crippen LogP contribution in [0.5, 0.6) is 0 Å². The molecule has 0 heterocycles. The van der Waals surface area contributed by atoms with Gasteiger partial charge in [0.15, 0.2) is 5.78 Å². The largest absolute Gasteiger partial charge is 0.294 e. The summed E-state index contributed by atoms with van der Waals surface area (Å²) < 4.78 is 0. The third-order valence-corrected chi connectivity index (χ3v) is 4.13. The van der Waals surface area contributed by atoms with Gasteiger partial charge in [-0.25, -0.2) is 0 Å². The van der Waals surface area contributed by atoms with Crippen molar-refractivity contribution in [3.63, 3.8) is 0 Å². The molecule has 1 heteroatoms. The average molecular weight is 214 g/mol. The van der Waals surface area contributed by atoms with E-state index < -0.39 is 0 Å². The molecule has 0 radical (unpaired) electrons. The fraction of sp³-hybridized carbons (Fsp3) is 0.400. The van der Waals surface area contributed by atoms with Crippen molar-refractivity contribution in [1.82, 2.24) is 0 Å². The molecule has 0 bridgehead atoms. The molecule has 0 aliphatic heterocycles. The smallest absolute Gasteiger partial charge is 0.162 e. The van der Waals surface area contributed by atoms with Crippen LogP contribution in [0.1, 0.15) is 31.9 Å². The highest BCUT2D eigenvalue weighted by molar-refractivity contribution is 5.99. The molecule has 1 atom stereocenters. The van der Waals surface area contributed by atoms with Crippen LogP contribution in [-0.2, 0) is 10.2 Å². The van der Waals surface area contributed by atoms with E-state index >= 15 is 0 Å². The van der Waals surface area contributed by atoms with Gasteiger partial charge in [0.1, 0.15) is 0 Å². The van der Waals surface area contributed by atoms with Crippen LogP contribution < -0.4 is 0 Å². The highest BCUT2D eigenvalue weighted by Gasteiger charge is 2.48. The molecule has 1 nitrogen and oxygen atoms in total. The van der Waals surface area contributed by atoms with Gasteiger partial charge in [-0.3, -0.25) is 4.79 Å². The third-order valence-electron chi connectivity index (χ3n) is 4.13. The summed E-state index contributed by atoms with van der Waals surface area (Å²) in [6.45, 7) is 8.26. The quantitative estimate of drug-likeness (QED) is 0.700. The second kappa shape index (κ2) is 3.31. The molecule has 0 spiro atoms. The van der Waals surface area contributed by atoms with Crippen LogP contribution in [0.15, 0.2) is 36.4 Å². The van der Waals surface area contributed by atoms with Crippen molar-refractivity contribution in [2.24, 2.45) is 5.41 Å². The number of rotatable bonds is 1. The van der Waals surface area contributed by atoms with Crippen molar-refractivity contribution in [3.8, 4) is 0 Å². The van der Waals surface area contributed by atoms with E-state index in [4.69, 9.17) is 0 Å². The van der Waals surface area contributed by atoms with Crippen LogP contribution in [0.4, 0.5) is 0 Å². The highest BCUT2D eigenvalue weighted by atomic mass is 16.1. The number of carbonyl (C=O) groups excluding carboxylic acids is 1. The van der Waals surface area contributed by atoms with E-state index in [0.29, 0.717) is 0 Å². The molecule has 1 aliphatic carbocycles. The molecule has 1 aliphatic rings. The summed E-state index contributed by atoms with van der Waals surface area (Å²) in [5.74, 6) is 0.218. The fourth-order valence-corrected chi connectivity index (χ4v) is 2.27. The summed E-state index contributed by atoms with van der Waals surface area (Å²) in [5.41, 5.74) is 1.93. The fourth-order valence-electron chi connectivity index (χ4n) is 2.27. The summed E-state index contributed by atoms with van der Waals surface area (Å²) in [4.78, 5) is 11.9. The minimum Gasteiger partial charge on any atom is -0.294 e. The number of hydrogen-bond donors (Lipinski definition) is 0. The molecule has 1 aromatic carbocycles. The van der Waals surface area contributed by atoms with Crippen LogP contribution in [-0.4, -0.2) is 5.78 Å². The van der Waals surface area contributed by atoms with Gasteiger partial charge >= 0.3 is 0 Å². The Kier molecular flexibility index (Phi) is 2.30. The van der Waals surface area contributed by atoms with E-state index in [0.717, 1.165) is 0 Å². The maximum Gasteiger partial charge on any atom is 0.162 e. The lowest BCUT2D eigenvalue weighted by molar-refractivity contribution is -0.123. The summed E-state index contributed by atoms with van der Waals surface area (Å²) in [5, 5.41) is 0. The van der Waals surface area contributed by atoms with E-state index in [2.05, 4.69) is 38.1 Å². The average Bonchev–Trinajstić information content (AvgIpc) is 2.44. The number of hydrogen-bond acceptors (Lipinski definition) is 1. The minimum atomic E-state index is -0.345. The zero-order valence-corrected chi connectivity index (χ0v) is 10.4. The normalized spacial score (nSPS) is 27.4. The Morgan fingerprint density at radius 2 is 1.56 bits per heavy atom. The van der Waals surface area contributed by atoms with Gasteiger partial charge in [-0.05, 0) is 18.6 Å². The molecule has 0 amide bonds. The lowest BCUT2D eigenvalue weighted by Gasteiger charge is -2.37. The Balaban J connectivity index is 2.51. The Hall–Kier alpha value is -1.37.